The van der Waals surface area contributed by atoms with Crippen molar-refractivity contribution in [2.45, 2.75) is 18.0 Å². The summed E-state index contributed by atoms with van der Waals surface area (Å²) in [4.78, 5) is 20.7. The number of aromatic nitrogens is 3. The van der Waals surface area contributed by atoms with E-state index in [1.165, 1.54) is 36.7 Å². The fourth-order valence-electron chi connectivity index (χ4n) is 3.24. The average molecular weight is 495 g/mol. The van der Waals surface area contributed by atoms with E-state index in [1.807, 2.05) is 30.3 Å². The molecule has 180 valence electrons. The predicted octanol–water partition coefficient (Wildman–Crippen LogP) is 3.32. The van der Waals surface area contributed by atoms with Crippen molar-refractivity contribution in [3.8, 4) is 17.1 Å². The van der Waals surface area contributed by atoms with Gasteiger partial charge in [0.15, 0.2) is 6.61 Å². The Morgan fingerprint density at radius 2 is 1.89 bits per heavy atom. The van der Waals surface area contributed by atoms with E-state index in [0.717, 1.165) is 5.56 Å². The second-order valence-electron chi connectivity index (χ2n) is 7.44. The number of rotatable bonds is 9. The van der Waals surface area contributed by atoms with E-state index < -0.39 is 16.0 Å². The van der Waals surface area contributed by atoms with Gasteiger partial charge in [-0.1, -0.05) is 35.5 Å². The number of carbonyl (C=O) groups is 1. The molecule has 4 aromatic rings. The maximum atomic E-state index is 13.3. The molecule has 4 rings (SSSR count). The highest BCUT2D eigenvalue weighted by atomic mass is 32.2. The second-order valence-corrected chi connectivity index (χ2v) is 9.46. The first-order chi connectivity index (χ1) is 16.9. The highest BCUT2D eigenvalue weighted by molar-refractivity contribution is 7.89. The molecule has 0 saturated heterocycles. The van der Waals surface area contributed by atoms with Gasteiger partial charge in [0.05, 0.1) is 12.7 Å². The zero-order chi connectivity index (χ0) is 24.8. The van der Waals surface area contributed by atoms with Gasteiger partial charge < -0.3 is 14.0 Å². The third-order valence-electron chi connectivity index (χ3n) is 5.05. The minimum absolute atomic E-state index is 0.0319. The van der Waals surface area contributed by atoms with Crippen molar-refractivity contribution in [2.24, 2.45) is 0 Å². The average Bonchev–Trinajstić information content (AvgIpc) is 3.37. The molecule has 0 fully saturated rings. The van der Waals surface area contributed by atoms with Crippen molar-refractivity contribution in [3.05, 3.63) is 90.1 Å². The lowest BCUT2D eigenvalue weighted by molar-refractivity contribution is 0.0429. The zero-order valence-corrected chi connectivity index (χ0v) is 19.8. The molecule has 0 aliphatic carbocycles. The van der Waals surface area contributed by atoms with Crippen LogP contribution in [-0.4, -0.2) is 48.0 Å². The minimum Gasteiger partial charge on any atom is -0.495 e. The molecule has 10 nitrogen and oxygen atoms in total. The monoisotopic (exact) mass is 494 g/mol. The van der Waals surface area contributed by atoms with Crippen LogP contribution < -0.4 is 4.74 Å². The van der Waals surface area contributed by atoms with Crippen molar-refractivity contribution < 1.29 is 27.2 Å². The molecule has 2 heterocycles. The van der Waals surface area contributed by atoms with Gasteiger partial charge in [-0.3, -0.25) is 4.98 Å². The van der Waals surface area contributed by atoms with Crippen LogP contribution in [0.4, 0.5) is 0 Å². The first kappa shape index (κ1) is 24.0. The lowest BCUT2D eigenvalue weighted by atomic mass is 10.2. The molecule has 0 radical (unpaired) electrons. The number of pyridine rings is 1. The van der Waals surface area contributed by atoms with Crippen molar-refractivity contribution in [1.29, 1.82) is 0 Å². The molecular formula is C24H22N4O6S. The number of benzene rings is 2. The molecule has 35 heavy (non-hydrogen) atoms. The molecule has 2 aromatic carbocycles. The normalized spacial score (nSPS) is 11.4. The Morgan fingerprint density at radius 3 is 2.60 bits per heavy atom. The van der Waals surface area contributed by atoms with Crippen LogP contribution in [0.1, 0.15) is 21.8 Å². The number of ether oxygens (including phenoxy) is 2. The van der Waals surface area contributed by atoms with E-state index in [4.69, 9.17) is 14.0 Å². The summed E-state index contributed by atoms with van der Waals surface area (Å²) in [5.41, 5.74) is 1.50. The van der Waals surface area contributed by atoms with Crippen molar-refractivity contribution in [3.63, 3.8) is 0 Å². The second kappa shape index (κ2) is 10.5. The summed E-state index contributed by atoms with van der Waals surface area (Å²) in [5.74, 6) is -0.250. The summed E-state index contributed by atoms with van der Waals surface area (Å²) in [6.07, 6.45) is 3.20. The van der Waals surface area contributed by atoms with Gasteiger partial charge in [-0.25, -0.2) is 13.2 Å². The van der Waals surface area contributed by atoms with Crippen molar-refractivity contribution in [1.82, 2.24) is 19.4 Å². The summed E-state index contributed by atoms with van der Waals surface area (Å²) in [7, 11) is -1.16. The van der Waals surface area contributed by atoms with Crippen LogP contribution in [0.5, 0.6) is 5.75 Å². The third-order valence-corrected chi connectivity index (χ3v) is 6.87. The predicted molar refractivity (Wildman–Crippen MR) is 125 cm³/mol. The maximum Gasteiger partial charge on any atom is 0.338 e. The molecule has 0 unspecified atom stereocenters. The summed E-state index contributed by atoms with van der Waals surface area (Å²) >= 11 is 0. The van der Waals surface area contributed by atoms with Crippen LogP contribution in [0.3, 0.4) is 0 Å². The molecule has 0 amide bonds. The largest absolute Gasteiger partial charge is 0.495 e. The standard InChI is InChI=1S/C24H22N4O6S/c1-28(15-17-7-4-3-5-8-17)35(30,31)21-13-18(10-11-20(21)32-2)24(29)33-16-22-26-23(27-34-22)19-9-6-12-25-14-19/h3-14H,15-16H2,1-2H3. The van der Waals surface area contributed by atoms with E-state index >= 15 is 0 Å². The fraction of sp³-hybridized carbons (Fsp3) is 0.167. The summed E-state index contributed by atoms with van der Waals surface area (Å²) in [6, 6.07) is 16.7. The SMILES string of the molecule is COc1ccc(C(=O)OCc2nc(-c3cccnc3)no2)cc1S(=O)(=O)N(C)Cc1ccccc1. The highest BCUT2D eigenvalue weighted by Crippen LogP contribution is 2.28. The Hall–Kier alpha value is -4.09. The third kappa shape index (κ3) is 5.53. The van der Waals surface area contributed by atoms with Gasteiger partial charge in [0, 0.05) is 31.5 Å². The summed E-state index contributed by atoms with van der Waals surface area (Å²) in [5, 5.41) is 3.84. The zero-order valence-electron chi connectivity index (χ0n) is 19.0. The van der Waals surface area contributed by atoms with E-state index in [0.29, 0.717) is 11.4 Å². The van der Waals surface area contributed by atoms with Crippen LogP contribution in [0.15, 0.2) is 82.5 Å². The van der Waals surface area contributed by atoms with E-state index in [9.17, 15) is 13.2 Å². The molecule has 11 heteroatoms. The van der Waals surface area contributed by atoms with Gasteiger partial charge in [0.1, 0.15) is 10.6 Å². The van der Waals surface area contributed by atoms with E-state index in [1.54, 1.807) is 24.5 Å². The lowest BCUT2D eigenvalue weighted by Gasteiger charge is -2.19. The summed E-state index contributed by atoms with van der Waals surface area (Å²) in [6.45, 7) is -0.133. The fourth-order valence-corrected chi connectivity index (χ4v) is 4.57. The van der Waals surface area contributed by atoms with Crippen LogP contribution in [0, 0.1) is 0 Å². The Bertz CT molecular complexity index is 1410. The highest BCUT2D eigenvalue weighted by Gasteiger charge is 2.27. The van der Waals surface area contributed by atoms with Gasteiger partial charge in [-0.15, -0.1) is 0 Å². The first-order valence-electron chi connectivity index (χ1n) is 10.5. The Labute approximate surface area is 202 Å². The molecule has 0 bridgehead atoms. The molecule has 0 aliphatic rings. The van der Waals surface area contributed by atoms with Crippen molar-refractivity contribution in [2.75, 3.05) is 14.2 Å². The van der Waals surface area contributed by atoms with Crippen LogP contribution in [-0.2, 0) is 27.9 Å². The smallest absolute Gasteiger partial charge is 0.338 e. The van der Waals surface area contributed by atoms with Gasteiger partial charge in [0.2, 0.25) is 15.8 Å². The molecular weight excluding hydrogens is 472 g/mol. The lowest BCUT2D eigenvalue weighted by Crippen LogP contribution is -2.27. The van der Waals surface area contributed by atoms with Crippen LogP contribution in [0.2, 0.25) is 0 Å². The molecule has 0 N–H and O–H groups in total. The molecule has 0 spiro atoms. The van der Waals surface area contributed by atoms with Gasteiger partial charge in [0.25, 0.3) is 5.89 Å². The van der Waals surface area contributed by atoms with Gasteiger partial charge in [-0.05, 0) is 35.9 Å². The maximum absolute atomic E-state index is 13.3. The number of methoxy groups -OCH3 is 1. The quantitative estimate of drug-likeness (QED) is 0.322. The van der Waals surface area contributed by atoms with E-state index in [-0.39, 0.29) is 35.3 Å². The van der Waals surface area contributed by atoms with E-state index in [2.05, 4.69) is 15.1 Å². The molecule has 0 atom stereocenters. The van der Waals surface area contributed by atoms with Gasteiger partial charge >= 0.3 is 5.97 Å². The Balaban J connectivity index is 1.50. The molecule has 0 saturated carbocycles. The Kier molecular flexibility index (Phi) is 7.18. The Morgan fingerprint density at radius 1 is 1.09 bits per heavy atom. The molecule has 0 aliphatic heterocycles. The number of nitrogens with zero attached hydrogens (tertiary/aromatic N) is 4. The topological polar surface area (TPSA) is 125 Å². The number of hydrogen-bond acceptors (Lipinski definition) is 9. The number of esters is 1. The first-order valence-corrected chi connectivity index (χ1v) is 11.9. The number of sulfonamides is 1. The van der Waals surface area contributed by atoms with Crippen LogP contribution in [0.25, 0.3) is 11.4 Å². The van der Waals surface area contributed by atoms with Crippen LogP contribution >= 0.6 is 0 Å². The number of hydrogen-bond donors (Lipinski definition) is 0. The van der Waals surface area contributed by atoms with Gasteiger partial charge in [-0.2, -0.15) is 9.29 Å². The molecule has 2 aromatic heterocycles. The van der Waals surface area contributed by atoms with Crippen molar-refractivity contribution >= 4 is 16.0 Å². The summed E-state index contributed by atoms with van der Waals surface area (Å²) < 4.78 is 43.3. The number of carbonyl (C=O) groups excluding carboxylic acids is 1. The minimum atomic E-state index is -3.98.